The molecule has 8 heavy (non-hydrogen) atoms. The number of rotatable bonds is 1. The summed E-state index contributed by atoms with van der Waals surface area (Å²) in [5.41, 5.74) is 0. The topological polar surface area (TPSA) is 9.23 Å². The summed E-state index contributed by atoms with van der Waals surface area (Å²) in [5, 5.41) is 0. The highest BCUT2D eigenvalue weighted by Gasteiger charge is 2.10. The summed E-state index contributed by atoms with van der Waals surface area (Å²) in [4.78, 5) is 0. The highest BCUT2D eigenvalue weighted by Crippen LogP contribution is 2.12. The molecule has 1 unspecified atom stereocenters. The molecular formula is C7H12O. The molecule has 0 N–H and O–H groups in total. The molecule has 0 bridgehead atoms. The maximum Gasteiger partial charge on any atom is 0.0756 e. The molecule has 1 aliphatic rings. The van der Waals surface area contributed by atoms with E-state index >= 15 is 0 Å². The predicted octanol–water partition coefficient (Wildman–Crippen LogP) is 1.74. The average molecular weight is 112 g/mol. The van der Waals surface area contributed by atoms with Gasteiger partial charge in [0.2, 0.25) is 0 Å². The molecule has 0 saturated carbocycles. The Balaban J connectivity index is 2.24. The van der Waals surface area contributed by atoms with Gasteiger partial charge in [0.1, 0.15) is 0 Å². The fourth-order valence-electron chi connectivity index (χ4n) is 0.969. The van der Waals surface area contributed by atoms with E-state index in [0.717, 1.165) is 6.61 Å². The van der Waals surface area contributed by atoms with Crippen molar-refractivity contribution >= 4 is 0 Å². The fourth-order valence-corrected chi connectivity index (χ4v) is 0.969. The van der Waals surface area contributed by atoms with Gasteiger partial charge in [-0.2, -0.15) is 0 Å². The molecule has 1 nitrogen and oxygen atoms in total. The van der Waals surface area contributed by atoms with Gasteiger partial charge in [0.25, 0.3) is 0 Å². The molecule has 0 spiro atoms. The molecule has 46 valence electrons. The number of hydrogen-bond donors (Lipinski definition) is 0. The van der Waals surface area contributed by atoms with Crippen LogP contribution in [0.1, 0.15) is 19.8 Å². The van der Waals surface area contributed by atoms with Crippen molar-refractivity contribution in [1.29, 1.82) is 0 Å². The van der Waals surface area contributed by atoms with Gasteiger partial charge in [-0.3, -0.25) is 0 Å². The Hall–Kier alpha value is -0.300. The van der Waals surface area contributed by atoms with Crippen LogP contribution in [0.3, 0.4) is 0 Å². The van der Waals surface area contributed by atoms with Crippen molar-refractivity contribution in [3.8, 4) is 0 Å². The Kier molecular flexibility index (Phi) is 2.10. The van der Waals surface area contributed by atoms with Crippen LogP contribution in [0, 0.1) is 0 Å². The molecule has 0 radical (unpaired) electrons. The monoisotopic (exact) mass is 112 g/mol. The molecule has 1 heteroatoms. The quantitative estimate of drug-likeness (QED) is 0.469. The van der Waals surface area contributed by atoms with E-state index in [1.807, 2.05) is 6.92 Å². The van der Waals surface area contributed by atoms with Crippen LogP contribution >= 0.6 is 0 Å². The second-order valence-corrected chi connectivity index (χ2v) is 2.08. The lowest BCUT2D eigenvalue weighted by atomic mass is 10.2. The second kappa shape index (κ2) is 2.88. The summed E-state index contributed by atoms with van der Waals surface area (Å²) in [7, 11) is 0. The van der Waals surface area contributed by atoms with Crippen LogP contribution < -0.4 is 0 Å². The largest absolute Gasteiger partial charge is 0.374 e. The Morgan fingerprint density at radius 2 is 2.50 bits per heavy atom. The molecule has 1 atom stereocenters. The predicted molar refractivity (Wildman–Crippen MR) is 33.8 cm³/mol. The minimum Gasteiger partial charge on any atom is -0.374 e. The zero-order valence-electron chi connectivity index (χ0n) is 5.26. The van der Waals surface area contributed by atoms with E-state index in [1.54, 1.807) is 0 Å². The fraction of sp³-hybridized carbons (Fsp3) is 0.714. The summed E-state index contributed by atoms with van der Waals surface area (Å²) in [6.07, 6.45) is 7.04. The Morgan fingerprint density at radius 1 is 1.62 bits per heavy atom. The Morgan fingerprint density at radius 3 is 3.00 bits per heavy atom. The van der Waals surface area contributed by atoms with Crippen molar-refractivity contribution < 1.29 is 4.74 Å². The highest BCUT2D eigenvalue weighted by atomic mass is 16.5. The molecular weight excluding hydrogens is 100 g/mol. The summed E-state index contributed by atoms with van der Waals surface area (Å²) in [6.45, 7) is 2.98. The average Bonchev–Trinajstić information content (AvgIpc) is 2.19. The standard InChI is InChI=1S/C7H12O/c1-2-4-7-5-3-6-8-7/h2,4,7H,3,5-6H2,1H3/b4-2-. The van der Waals surface area contributed by atoms with E-state index in [0.29, 0.717) is 6.10 Å². The third-order valence-corrected chi connectivity index (χ3v) is 1.37. The minimum atomic E-state index is 0.431. The zero-order chi connectivity index (χ0) is 5.82. The van der Waals surface area contributed by atoms with Gasteiger partial charge < -0.3 is 4.74 Å². The summed E-state index contributed by atoms with van der Waals surface area (Å²) in [5.74, 6) is 0. The number of ether oxygens (including phenoxy) is 1. The number of hydrogen-bond acceptors (Lipinski definition) is 1. The lowest BCUT2D eigenvalue weighted by Gasteiger charge is -1.98. The van der Waals surface area contributed by atoms with E-state index in [9.17, 15) is 0 Å². The Labute approximate surface area is 50.3 Å². The van der Waals surface area contributed by atoms with Crippen molar-refractivity contribution in [2.45, 2.75) is 25.9 Å². The molecule has 0 aromatic rings. The summed E-state index contributed by atoms with van der Waals surface area (Å²) >= 11 is 0. The number of allylic oxidation sites excluding steroid dienone is 1. The van der Waals surface area contributed by atoms with Gasteiger partial charge in [-0.25, -0.2) is 0 Å². The van der Waals surface area contributed by atoms with Gasteiger partial charge >= 0.3 is 0 Å². The van der Waals surface area contributed by atoms with Gasteiger partial charge in [-0.1, -0.05) is 12.2 Å². The molecule has 0 aromatic carbocycles. The normalized spacial score (nSPS) is 29.9. The van der Waals surface area contributed by atoms with Crippen molar-refractivity contribution in [2.75, 3.05) is 6.61 Å². The maximum atomic E-state index is 5.31. The van der Waals surface area contributed by atoms with Crippen LogP contribution in [0.25, 0.3) is 0 Å². The lowest BCUT2D eigenvalue weighted by molar-refractivity contribution is 0.145. The molecule has 0 aromatic heterocycles. The maximum absolute atomic E-state index is 5.31. The first kappa shape index (κ1) is 5.83. The van der Waals surface area contributed by atoms with E-state index < -0.39 is 0 Å². The molecule has 1 fully saturated rings. The van der Waals surface area contributed by atoms with Crippen LogP contribution in [0.2, 0.25) is 0 Å². The van der Waals surface area contributed by atoms with Crippen LogP contribution in [-0.4, -0.2) is 12.7 Å². The molecule has 1 aliphatic heterocycles. The smallest absolute Gasteiger partial charge is 0.0756 e. The first-order valence-electron chi connectivity index (χ1n) is 3.18. The lowest BCUT2D eigenvalue weighted by Crippen LogP contribution is -1.97. The summed E-state index contributed by atoms with van der Waals surface area (Å²) in [6, 6.07) is 0. The molecule has 0 amide bonds. The van der Waals surface area contributed by atoms with Gasteiger partial charge in [0.05, 0.1) is 6.10 Å². The first-order chi connectivity index (χ1) is 3.93. The van der Waals surface area contributed by atoms with Crippen LogP contribution in [0.15, 0.2) is 12.2 Å². The van der Waals surface area contributed by atoms with Crippen molar-refractivity contribution in [2.24, 2.45) is 0 Å². The van der Waals surface area contributed by atoms with E-state index in [2.05, 4.69) is 12.2 Å². The Bertz CT molecular complexity index is 80.4. The van der Waals surface area contributed by atoms with Crippen LogP contribution in [0.5, 0.6) is 0 Å². The van der Waals surface area contributed by atoms with E-state index in [1.165, 1.54) is 12.8 Å². The molecule has 1 heterocycles. The van der Waals surface area contributed by atoms with Gasteiger partial charge in [-0.15, -0.1) is 0 Å². The van der Waals surface area contributed by atoms with Crippen molar-refractivity contribution in [1.82, 2.24) is 0 Å². The molecule has 1 saturated heterocycles. The zero-order valence-corrected chi connectivity index (χ0v) is 5.26. The minimum absolute atomic E-state index is 0.431. The van der Waals surface area contributed by atoms with Crippen molar-refractivity contribution in [3.63, 3.8) is 0 Å². The summed E-state index contributed by atoms with van der Waals surface area (Å²) < 4.78 is 5.31. The van der Waals surface area contributed by atoms with Crippen molar-refractivity contribution in [3.05, 3.63) is 12.2 Å². The second-order valence-electron chi connectivity index (χ2n) is 2.08. The van der Waals surface area contributed by atoms with E-state index in [4.69, 9.17) is 4.74 Å². The molecule has 1 rings (SSSR count). The van der Waals surface area contributed by atoms with Crippen LogP contribution in [-0.2, 0) is 4.74 Å². The van der Waals surface area contributed by atoms with E-state index in [-0.39, 0.29) is 0 Å². The van der Waals surface area contributed by atoms with Gasteiger partial charge in [0.15, 0.2) is 0 Å². The SMILES string of the molecule is C/C=C\C1CCCO1. The van der Waals surface area contributed by atoms with Crippen LogP contribution in [0.4, 0.5) is 0 Å². The first-order valence-corrected chi connectivity index (χ1v) is 3.18. The molecule has 0 aliphatic carbocycles. The third-order valence-electron chi connectivity index (χ3n) is 1.37. The highest BCUT2D eigenvalue weighted by molar-refractivity contribution is 4.88. The third kappa shape index (κ3) is 1.34. The van der Waals surface area contributed by atoms with Gasteiger partial charge in [-0.05, 0) is 19.8 Å². The van der Waals surface area contributed by atoms with Gasteiger partial charge in [0, 0.05) is 6.61 Å².